The van der Waals surface area contributed by atoms with Gasteiger partial charge in [0.2, 0.25) is 6.79 Å². The van der Waals surface area contributed by atoms with Gasteiger partial charge in [0, 0.05) is 0 Å². The number of Topliss-reactive ketones (excluding diaryl/α,β-unsaturated/α-hetero) is 1. The summed E-state index contributed by atoms with van der Waals surface area (Å²) in [6, 6.07) is 5.36. The van der Waals surface area contributed by atoms with Gasteiger partial charge in [-0.3, -0.25) is 19.0 Å². The SMILES string of the molecule is CCOC(=O)CC(=O)CSc1nc2sc(C(=O)OCC)c(C)c2c(=O)n1Cc1ccc2c(c1)OCO2. The molecule has 36 heavy (non-hydrogen) atoms. The first kappa shape index (κ1) is 25.7. The Kier molecular flexibility index (Phi) is 7.94. The maximum absolute atomic E-state index is 13.7. The van der Waals surface area contributed by atoms with Crippen molar-refractivity contribution in [3.05, 3.63) is 44.6 Å². The quantitative estimate of drug-likeness (QED) is 0.166. The number of carbonyl (C=O) groups excluding carboxylic acids is 3. The molecule has 0 saturated carbocycles. The molecule has 0 bridgehead atoms. The summed E-state index contributed by atoms with van der Waals surface area (Å²) < 4.78 is 22.2. The first-order chi connectivity index (χ1) is 17.3. The Balaban J connectivity index is 1.72. The first-order valence-electron chi connectivity index (χ1n) is 11.2. The van der Waals surface area contributed by atoms with Crippen molar-refractivity contribution >= 4 is 51.0 Å². The fourth-order valence-electron chi connectivity index (χ4n) is 3.63. The normalized spacial score (nSPS) is 12.1. The number of carbonyl (C=O) groups is 3. The summed E-state index contributed by atoms with van der Waals surface area (Å²) in [5.74, 6) is -0.350. The van der Waals surface area contributed by atoms with Gasteiger partial charge in [0.15, 0.2) is 22.4 Å². The number of aromatic nitrogens is 2. The molecule has 12 heteroatoms. The lowest BCUT2D eigenvalue weighted by Gasteiger charge is -2.12. The maximum Gasteiger partial charge on any atom is 0.348 e. The Morgan fingerprint density at radius 2 is 1.89 bits per heavy atom. The predicted molar refractivity (Wildman–Crippen MR) is 133 cm³/mol. The number of thioether (sulfide) groups is 1. The van der Waals surface area contributed by atoms with Crippen molar-refractivity contribution in [1.29, 1.82) is 0 Å². The molecule has 190 valence electrons. The Labute approximate surface area is 214 Å². The zero-order valence-corrected chi connectivity index (χ0v) is 21.6. The number of hydrogen-bond donors (Lipinski definition) is 0. The smallest absolute Gasteiger partial charge is 0.348 e. The van der Waals surface area contributed by atoms with Gasteiger partial charge in [0.1, 0.15) is 16.1 Å². The van der Waals surface area contributed by atoms with Gasteiger partial charge in [0.05, 0.1) is 30.9 Å². The highest BCUT2D eigenvalue weighted by atomic mass is 32.2. The number of thiophene rings is 1. The molecule has 0 spiro atoms. The summed E-state index contributed by atoms with van der Waals surface area (Å²) in [6.45, 7) is 5.73. The van der Waals surface area contributed by atoms with Crippen molar-refractivity contribution in [2.24, 2.45) is 0 Å². The van der Waals surface area contributed by atoms with Crippen LogP contribution in [-0.2, 0) is 25.6 Å². The summed E-state index contributed by atoms with van der Waals surface area (Å²) in [5.41, 5.74) is 0.920. The van der Waals surface area contributed by atoms with Crippen LogP contribution in [0, 0.1) is 6.92 Å². The second kappa shape index (κ2) is 11.1. The molecule has 0 saturated heterocycles. The fourth-order valence-corrected chi connectivity index (χ4v) is 5.60. The van der Waals surface area contributed by atoms with Crippen LogP contribution < -0.4 is 15.0 Å². The van der Waals surface area contributed by atoms with Gasteiger partial charge in [-0.2, -0.15) is 0 Å². The largest absolute Gasteiger partial charge is 0.466 e. The molecule has 0 N–H and O–H groups in total. The van der Waals surface area contributed by atoms with Crippen LogP contribution >= 0.6 is 23.1 Å². The van der Waals surface area contributed by atoms with Gasteiger partial charge in [0.25, 0.3) is 5.56 Å². The Hall–Kier alpha value is -3.38. The molecule has 1 aliphatic heterocycles. The van der Waals surface area contributed by atoms with Crippen molar-refractivity contribution in [3.8, 4) is 11.5 Å². The predicted octanol–water partition coefficient (Wildman–Crippen LogP) is 3.33. The molecular formula is C24H24N2O8S2. The zero-order valence-electron chi connectivity index (χ0n) is 20.0. The third-order valence-corrected chi connectivity index (χ3v) is 7.46. The molecular weight excluding hydrogens is 508 g/mol. The molecule has 0 aliphatic carbocycles. The van der Waals surface area contributed by atoms with Gasteiger partial charge in [-0.05, 0) is 44.0 Å². The minimum absolute atomic E-state index is 0.0764. The van der Waals surface area contributed by atoms with Crippen molar-refractivity contribution in [3.63, 3.8) is 0 Å². The molecule has 0 fully saturated rings. The molecule has 0 unspecified atom stereocenters. The van der Waals surface area contributed by atoms with Crippen LogP contribution in [0.25, 0.3) is 10.2 Å². The average molecular weight is 533 g/mol. The topological polar surface area (TPSA) is 123 Å². The molecule has 4 rings (SSSR count). The van der Waals surface area contributed by atoms with Crippen LogP contribution in [-0.4, -0.2) is 53.0 Å². The lowest BCUT2D eigenvalue weighted by atomic mass is 10.2. The van der Waals surface area contributed by atoms with E-state index in [0.717, 1.165) is 28.7 Å². The van der Waals surface area contributed by atoms with E-state index >= 15 is 0 Å². The number of benzene rings is 1. The molecule has 0 radical (unpaired) electrons. The highest BCUT2D eigenvalue weighted by Crippen LogP contribution is 2.34. The van der Waals surface area contributed by atoms with Crippen molar-refractivity contribution in [2.75, 3.05) is 25.8 Å². The van der Waals surface area contributed by atoms with E-state index in [1.54, 1.807) is 32.9 Å². The molecule has 2 aromatic heterocycles. The number of rotatable bonds is 10. The number of nitrogens with zero attached hydrogens (tertiary/aromatic N) is 2. The van der Waals surface area contributed by atoms with Crippen LogP contribution in [0.5, 0.6) is 11.5 Å². The molecule has 10 nitrogen and oxygen atoms in total. The lowest BCUT2D eigenvalue weighted by molar-refractivity contribution is -0.145. The molecule has 1 aromatic carbocycles. The molecule has 3 aromatic rings. The van der Waals surface area contributed by atoms with E-state index < -0.39 is 11.9 Å². The van der Waals surface area contributed by atoms with Gasteiger partial charge < -0.3 is 18.9 Å². The standard InChI is InChI=1S/C24H24N2O8S2/c1-4-31-18(28)9-15(27)11-35-24-25-21-19(13(3)20(36-21)23(30)32-5-2)22(29)26(24)10-14-6-7-16-17(8-14)34-12-33-16/h6-8H,4-5,9-12H2,1-3H3. The van der Waals surface area contributed by atoms with Gasteiger partial charge in [-0.1, -0.05) is 17.8 Å². The Morgan fingerprint density at radius 3 is 2.64 bits per heavy atom. The van der Waals surface area contributed by atoms with Gasteiger partial charge in [-0.25, -0.2) is 9.78 Å². The molecule has 0 atom stereocenters. The number of hydrogen-bond acceptors (Lipinski definition) is 11. The number of ketones is 1. The maximum atomic E-state index is 13.7. The summed E-state index contributed by atoms with van der Waals surface area (Å²) in [5, 5.41) is 0.616. The van der Waals surface area contributed by atoms with E-state index in [4.69, 9.17) is 18.9 Å². The van der Waals surface area contributed by atoms with E-state index in [2.05, 4.69) is 4.98 Å². The first-order valence-corrected chi connectivity index (χ1v) is 13.0. The minimum atomic E-state index is -0.600. The van der Waals surface area contributed by atoms with Crippen LogP contribution in [0.2, 0.25) is 0 Å². The summed E-state index contributed by atoms with van der Waals surface area (Å²) in [7, 11) is 0. The average Bonchev–Trinajstić information content (AvgIpc) is 3.44. The number of aryl methyl sites for hydroxylation is 1. The van der Waals surface area contributed by atoms with Crippen LogP contribution in [0.3, 0.4) is 0 Å². The zero-order chi connectivity index (χ0) is 25.8. The van der Waals surface area contributed by atoms with E-state index in [1.807, 2.05) is 6.07 Å². The van der Waals surface area contributed by atoms with E-state index in [9.17, 15) is 19.2 Å². The third-order valence-electron chi connectivity index (χ3n) is 5.26. The summed E-state index contributed by atoms with van der Waals surface area (Å²) in [4.78, 5) is 55.4. The summed E-state index contributed by atoms with van der Waals surface area (Å²) >= 11 is 2.13. The van der Waals surface area contributed by atoms with E-state index in [1.165, 1.54) is 4.57 Å². The lowest BCUT2D eigenvalue weighted by Crippen LogP contribution is -2.24. The monoisotopic (exact) mass is 532 g/mol. The second-order valence-corrected chi connectivity index (χ2v) is 9.68. The Bertz CT molecular complexity index is 1390. The third kappa shape index (κ3) is 5.39. The fraction of sp³-hybridized carbons (Fsp3) is 0.375. The van der Waals surface area contributed by atoms with E-state index in [0.29, 0.717) is 37.3 Å². The van der Waals surface area contributed by atoms with Crippen LogP contribution in [0.4, 0.5) is 0 Å². The van der Waals surface area contributed by atoms with Crippen LogP contribution in [0.15, 0.2) is 28.2 Å². The highest BCUT2D eigenvalue weighted by molar-refractivity contribution is 7.99. The number of ether oxygens (including phenoxy) is 4. The van der Waals surface area contributed by atoms with Crippen molar-refractivity contribution in [2.45, 2.75) is 38.9 Å². The van der Waals surface area contributed by atoms with Crippen molar-refractivity contribution < 1.29 is 33.3 Å². The Morgan fingerprint density at radius 1 is 1.14 bits per heavy atom. The van der Waals surface area contributed by atoms with Gasteiger partial charge in [-0.15, -0.1) is 11.3 Å². The molecule has 0 amide bonds. The van der Waals surface area contributed by atoms with E-state index in [-0.39, 0.29) is 50.1 Å². The number of esters is 2. The number of fused-ring (bicyclic) bond motifs is 2. The van der Waals surface area contributed by atoms with Crippen molar-refractivity contribution in [1.82, 2.24) is 9.55 Å². The minimum Gasteiger partial charge on any atom is -0.466 e. The molecule has 1 aliphatic rings. The second-order valence-electron chi connectivity index (χ2n) is 7.74. The highest BCUT2D eigenvalue weighted by Gasteiger charge is 2.24. The summed E-state index contributed by atoms with van der Waals surface area (Å²) in [6.07, 6.45) is -0.361. The molecule has 3 heterocycles. The van der Waals surface area contributed by atoms with Crippen LogP contribution in [0.1, 0.15) is 41.1 Å². The van der Waals surface area contributed by atoms with Gasteiger partial charge >= 0.3 is 11.9 Å².